The lowest BCUT2D eigenvalue weighted by atomic mass is 10.2. The van der Waals surface area contributed by atoms with Crippen LogP contribution in [0.5, 0.6) is 0 Å². The van der Waals surface area contributed by atoms with Crippen molar-refractivity contribution in [2.24, 2.45) is 4.99 Å². The first-order valence-corrected chi connectivity index (χ1v) is 9.09. The number of guanidine groups is 1. The van der Waals surface area contributed by atoms with Crippen LogP contribution in [0.2, 0.25) is 0 Å². The largest absolute Gasteiger partial charge is 0.385 e. The van der Waals surface area contributed by atoms with E-state index in [0.29, 0.717) is 6.54 Å². The Hall–Kier alpha value is -1.19. The SMILES string of the molecule is CCNC(=NCc1sc(-c2ccccc2)nc1C)NCCCOC.I. The van der Waals surface area contributed by atoms with Crippen LogP contribution in [-0.4, -0.2) is 37.7 Å². The lowest BCUT2D eigenvalue weighted by molar-refractivity contribution is 0.195. The maximum atomic E-state index is 5.07. The summed E-state index contributed by atoms with van der Waals surface area (Å²) in [6, 6.07) is 10.3. The molecule has 2 rings (SSSR count). The Labute approximate surface area is 171 Å². The maximum Gasteiger partial charge on any atom is 0.191 e. The Morgan fingerprint density at radius 3 is 2.68 bits per heavy atom. The lowest BCUT2D eigenvalue weighted by Gasteiger charge is -2.10. The smallest absolute Gasteiger partial charge is 0.191 e. The van der Waals surface area contributed by atoms with Gasteiger partial charge in [-0.2, -0.15) is 0 Å². The van der Waals surface area contributed by atoms with Crippen LogP contribution in [0.15, 0.2) is 35.3 Å². The summed E-state index contributed by atoms with van der Waals surface area (Å²) in [5.74, 6) is 0.836. The number of thiazole rings is 1. The molecule has 2 N–H and O–H groups in total. The molecule has 1 aromatic carbocycles. The third-order valence-corrected chi connectivity index (χ3v) is 4.65. The fourth-order valence-electron chi connectivity index (χ4n) is 2.19. The van der Waals surface area contributed by atoms with Gasteiger partial charge in [-0.1, -0.05) is 30.3 Å². The van der Waals surface area contributed by atoms with Gasteiger partial charge in [-0.15, -0.1) is 35.3 Å². The zero-order valence-electron chi connectivity index (χ0n) is 15.0. The third kappa shape index (κ3) is 7.29. The topological polar surface area (TPSA) is 58.5 Å². The van der Waals surface area contributed by atoms with Gasteiger partial charge in [-0.3, -0.25) is 0 Å². The van der Waals surface area contributed by atoms with Crippen LogP contribution in [0.25, 0.3) is 10.6 Å². The molecule has 0 atom stereocenters. The van der Waals surface area contributed by atoms with E-state index in [1.54, 1.807) is 18.4 Å². The first-order chi connectivity index (χ1) is 11.7. The normalized spacial score (nSPS) is 11.1. The predicted molar refractivity (Wildman–Crippen MR) is 117 cm³/mol. The van der Waals surface area contributed by atoms with Gasteiger partial charge in [0.15, 0.2) is 5.96 Å². The summed E-state index contributed by atoms with van der Waals surface area (Å²) in [6.45, 7) is 7.19. The molecule has 0 aliphatic heterocycles. The maximum absolute atomic E-state index is 5.07. The lowest BCUT2D eigenvalue weighted by Crippen LogP contribution is -2.38. The van der Waals surface area contributed by atoms with Crippen molar-refractivity contribution < 1.29 is 4.74 Å². The summed E-state index contributed by atoms with van der Waals surface area (Å²) in [5, 5.41) is 7.65. The second-order valence-corrected chi connectivity index (χ2v) is 6.45. The highest BCUT2D eigenvalue weighted by molar-refractivity contribution is 14.0. The Morgan fingerprint density at radius 1 is 1.24 bits per heavy atom. The fourth-order valence-corrected chi connectivity index (χ4v) is 3.19. The Balaban J connectivity index is 0.00000312. The van der Waals surface area contributed by atoms with E-state index in [9.17, 15) is 0 Å². The minimum absolute atomic E-state index is 0. The van der Waals surface area contributed by atoms with Gasteiger partial charge in [0.1, 0.15) is 5.01 Å². The van der Waals surface area contributed by atoms with Crippen molar-refractivity contribution in [3.63, 3.8) is 0 Å². The minimum atomic E-state index is 0. The Morgan fingerprint density at radius 2 is 2.00 bits per heavy atom. The van der Waals surface area contributed by atoms with Gasteiger partial charge in [0.2, 0.25) is 0 Å². The Kier molecular flexibility index (Phi) is 10.7. The highest BCUT2D eigenvalue weighted by Gasteiger charge is 2.09. The van der Waals surface area contributed by atoms with E-state index in [-0.39, 0.29) is 24.0 Å². The van der Waals surface area contributed by atoms with E-state index in [2.05, 4.69) is 39.7 Å². The first-order valence-electron chi connectivity index (χ1n) is 8.27. The summed E-state index contributed by atoms with van der Waals surface area (Å²) in [5.41, 5.74) is 2.21. The number of nitrogens with zero attached hydrogens (tertiary/aromatic N) is 2. The fraction of sp³-hybridized carbons (Fsp3) is 0.444. The van der Waals surface area contributed by atoms with Crippen molar-refractivity contribution in [3.8, 4) is 10.6 Å². The van der Waals surface area contributed by atoms with Gasteiger partial charge in [0, 0.05) is 37.2 Å². The highest BCUT2D eigenvalue weighted by atomic mass is 127. The summed E-state index contributed by atoms with van der Waals surface area (Å²) < 4.78 is 5.07. The minimum Gasteiger partial charge on any atom is -0.385 e. The van der Waals surface area contributed by atoms with E-state index >= 15 is 0 Å². The third-order valence-electron chi connectivity index (χ3n) is 3.46. The van der Waals surface area contributed by atoms with Crippen molar-refractivity contribution in [1.29, 1.82) is 0 Å². The van der Waals surface area contributed by atoms with Crippen LogP contribution in [0, 0.1) is 6.92 Å². The molecule has 0 aliphatic rings. The number of hydrogen-bond acceptors (Lipinski definition) is 4. The second kappa shape index (κ2) is 12.2. The second-order valence-electron chi connectivity index (χ2n) is 5.36. The number of aryl methyl sites for hydroxylation is 1. The molecule has 0 fully saturated rings. The van der Waals surface area contributed by atoms with E-state index in [1.165, 1.54) is 4.88 Å². The van der Waals surface area contributed by atoms with Crippen LogP contribution in [0.1, 0.15) is 23.9 Å². The number of rotatable bonds is 8. The number of methoxy groups -OCH3 is 1. The summed E-state index contributed by atoms with van der Waals surface area (Å²) in [4.78, 5) is 10.6. The summed E-state index contributed by atoms with van der Waals surface area (Å²) >= 11 is 1.71. The molecular formula is C18H27IN4OS. The average molecular weight is 474 g/mol. The van der Waals surface area contributed by atoms with Crippen molar-refractivity contribution in [2.75, 3.05) is 26.8 Å². The molecule has 1 aromatic heterocycles. The van der Waals surface area contributed by atoms with Gasteiger partial charge in [0.05, 0.1) is 12.2 Å². The molecule has 25 heavy (non-hydrogen) atoms. The van der Waals surface area contributed by atoms with E-state index in [0.717, 1.165) is 48.3 Å². The molecule has 0 aliphatic carbocycles. The van der Waals surface area contributed by atoms with Gasteiger partial charge in [-0.25, -0.2) is 9.98 Å². The van der Waals surface area contributed by atoms with E-state index in [4.69, 9.17) is 4.74 Å². The summed E-state index contributed by atoms with van der Waals surface area (Å²) in [6.07, 6.45) is 0.957. The number of aliphatic imine (C=N–C) groups is 1. The molecular weight excluding hydrogens is 447 g/mol. The van der Waals surface area contributed by atoms with Gasteiger partial charge >= 0.3 is 0 Å². The molecule has 0 unspecified atom stereocenters. The molecule has 7 heteroatoms. The highest BCUT2D eigenvalue weighted by Crippen LogP contribution is 2.28. The summed E-state index contributed by atoms with van der Waals surface area (Å²) in [7, 11) is 1.72. The standard InChI is InChI=1S/C18H26N4OS.HI/c1-4-19-18(20-11-8-12-23-3)21-13-16-14(2)22-17(24-16)15-9-6-5-7-10-15;/h5-7,9-10H,4,8,11-13H2,1-3H3,(H2,19,20,21);1H. The van der Waals surface area contributed by atoms with E-state index in [1.807, 2.05) is 25.1 Å². The molecule has 0 saturated carbocycles. The predicted octanol–water partition coefficient (Wildman–Crippen LogP) is 3.83. The molecule has 1 heterocycles. The number of nitrogens with one attached hydrogen (secondary N) is 2. The molecule has 5 nitrogen and oxygen atoms in total. The van der Waals surface area contributed by atoms with Crippen molar-refractivity contribution in [3.05, 3.63) is 40.9 Å². The van der Waals surface area contributed by atoms with Crippen LogP contribution < -0.4 is 10.6 Å². The van der Waals surface area contributed by atoms with Gasteiger partial charge < -0.3 is 15.4 Å². The van der Waals surface area contributed by atoms with Crippen LogP contribution in [0.4, 0.5) is 0 Å². The molecule has 0 saturated heterocycles. The molecule has 0 radical (unpaired) electrons. The quantitative estimate of drug-likeness (QED) is 0.264. The van der Waals surface area contributed by atoms with Crippen molar-refractivity contribution in [1.82, 2.24) is 15.6 Å². The number of ether oxygens (including phenoxy) is 1. The van der Waals surface area contributed by atoms with Crippen LogP contribution in [0.3, 0.4) is 0 Å². The van der Waals surface area contributed by atoms with Crippen LogP contribution in [-0.2, 0) is 11.3 Å². The van der Waals surface area contributed by atoms with Gasteiger partial charge in [-0.05, 0) is 20.3 Å². The number of halogens is 1. The molecule has 0 bridgehead atoms. The van der Waals surface area contributed by atoms with Crippen molar-refractivity contribution >= 4 is 41.3 Å². The zero-order chi connectivity index (χ0) is 17.2. The molecule has 138 valence electrons. The molecule has 0 amide bonds. The number of hydrogen-bond donors (Lipinski definition) is 2. The average Bonchev–Trinajstić information content (AvgIpc) is 2.98. The van der Waals surface area contributed by atoms with Crippen molar-refractivity contribution in [2.45, 2.75) is 26.8 Å². The zero-order valence-corrected chi connectivity index (χ0v) is 18.2. The monoisotopic (exact) mass is 474 g/mol. The van der Waals surface area contributed by atoms with Gasteiger partial charge in [0.25, 0.3) is 0 Å². The first kappa shape index (κ1) is 21.9. The Bertz CT molecular complexity index is 646. The van der Waals surface area contributed by atoms with Crippen LogP contribution >= 0.6 is 35.3 Å². The van der Waals surface area contributed by atoms with E-state index < -0.39 is 0 Å². The number of benzene rings is 1. The molecule has 0 spiro atoms. The number of aromatic nitrogens is 1. The molecule has 2 aromatic rings.